The number of rotatable bonds is 5. The molecule has 0 atom stereocenters. The summed E-state index contributed by atoms with van der Waals surface area (Å²) in [5.74, 6) is 0.0801. The molecule has 0 radical (unpaired) electrons. The number of amides is 1. The van der Waals surface area contributed by atoms with Gasteiger partial charge >= 0.3 is 0 Å². The fourth-order valence-corrected chi connectivity index (χ4v) is 4.28. The molecule has 1 aromatic heterocycles. The van der Waals surface area contributed by atoms with E-state index in [-0.39, 0.29) is 11.9 Å². The zero-order valence-corrected chi connectivity index (χ0v) is 14.8. The number of nitrogens with zero attached hydrogens (tertiary/aromatic N) is 3. The van der Waals surface area contributed by atoms with Crippen LogP contribution in [0.2, 0.25) is 0 Å². The van der Waals surface area contributed by atoms with E-state index >= 15 is 0 Å². The molecule has 6 nitrogen and oxygen atoms in total. The van der Waals surface area contributed by atoms with Crippen LogP contribution in [-0.4, -0.2) is 60.4 Å². The molecule has 1 aliphatic rings. The Morgan fingerprint density at radius 1 is 1.35 bits per heavy atom. The molecule has 23 heavy (non-hydrogen) atoms. The second kappa shape index (κ2) is 7.40. The van der Waals surface area contributed by atoms with Crippen LogP contribution < -0.4 is 0 Å². The molecule has 0 unspecified atom stereocenters. The molecule has 1 saturated heterocycles. The molecule has 0 N–H and O–H groups in total. The lowest BCUT2D eigenvalue weighted by atomic mass is 10.0. The van der Waals surface area contributed by atoms with Crippen molar-refractivity contribution in [2.24, 2.45) is 0 Å². The fourth-order valence-electron chi connectivity index (χ4n) is 3.06. The molecule has 7 heteroatoms. The number of pyridine rings is 1. The maximum Gasteiger partial charge on any atom is 0.227 e. The molecule has 0 aromatic carbocycles. The molecular formula is C16H25N3O3S. The van der Waals surface area contributed by atoms with E-state index in [1.54, 1.807) is 10.5 Å². The zero-order valence-electron chi connectivity index (χ0n) is 14.0. The molecular weight excluding hydrogens is 314 g/mol. The molecule has 2 heterocycles. The van der Waals surface area contributed by atoms with Crippen molar-refractivity contribution in [1.82, 2.24) is 14.2 Å². The number of aromatic nitrogens is 1. The first kappa shape index (κ1) is 17.9. The smallest absolute Gasteiger partial charge is 0.227 e. The monoisotopic (exact) mass is 339 g/mol. The number of likely N-dealkylation sites (tertiary alicyclic amines) is 1. The van der Waals surface area contributed by atoms with Crippen LogP contribution in [0.25, 0.3) is 0 Å². The number of carbonyl (C=O) groups excluding carboxylic acids is 1. The molecule has 1 aromatic rings. The van der Waals surface area contributed by atoms with Crippen molar-refractivity contribution in [3.8, 4) is 0 Å². The summed E-state index contributed by atoms with van der Waals surface area (Å²) in [6.45, 7) is 5.46. The van der Waals surface area contributed by atoms with E-state index in [0.717, 1.165) is 11.3 Å². The Balaban J connectivity index is 1.91. The Morgan fingerprint density at radius 2 is 2.00 bits per heavy atom. The van der Waals surface area contributed by atoms with E-state index in [1.165, 1.54) is 6.26 Å². The van der Waals surface area contributed by atoms with E-state index < -0.39 is 10.0 Å². The number of aryl methyl sites for hydroxylation is 1. The van der Waals surface area contributed by atoms with Gasteiger partial charge in [0.1, 0.15) is 0 Å². The number of carbonyl (C=O) groups is 1. The van der Waals surface area contributed by atoms with Crippen molar-refractivity contribution in [2.75, 3.05) is 25.9 Å². The van der Waals surface area contributed by atoms with E-state index in [1.807, 2.05) is 30.9 Å². The summed E-state index contributed by atoms with van der Waals surface area (Å²) >= 11 is 0. The molecule has 2 rings (SSSR count). The zero-order chi connectivity index (χ0) is 17.0. The van der Waals surface area contributed by atoms with Crippen molar-refractivity contribution in [1.29, 1.82) is 0 Å². The number of hydrogen-bond donors (Lipinski definition) is 0. The molecule has 128 valence electrons. The van der Waals surface area contributed by atoms with Crippen LogP contribution in [0, 0.1) is 6.92 Å². The Morgan fingerprint density at radius 3 is 2.48 bits per heavy atom. The number of piperidine rings is 1. The maximum atomic E-state index is 12.4. The summed E-state index contributed by atoms with van der Waals surface area (Å²) in [7, 11) is -3.18. The Kier molecular flexibility index (Phi) is 5.75. The summed E-state index contributed by atoms with van der Waals surface area (Å²) in [6, 6.07) is 3.83. The molecule has 1 amide bonds. The lowest BCUT2D eigenvalue weighted by Crippen LogP contribution is -2.48. The van der Waals surface area contributed by atoms with Gasteiger partial charge < -0.3 is 4.90 Å². The van der Waals surface area contributed by atoms with Gasteiger partial charge in [-0.3, -0.25) is 9.78 Å². The highest BCUT2D eigenvalue weighted by molar-refractivity contribution is 7.88. The molecule has 0 aliphatic carbocycles. The SMILES string of the molecule is CCN(C1CCN(C(=O)Cc2ccc(C)nc2)CC1)S(C)(=O)=O. The number of hydrogen-bond acceptors (Lipinski definition) is 4. The molecule has 0 spiro atoms. The third-order valence-electron chi connectivity index (χ3n) is 4.29. The third-order valence-corrected chi connectivity index (χ3v) is 5.70. The highest BCUT2D eigenvalue weighted by Crippen LogP contribution is 2.19. The second-order valence-corrected chi connectivity index (χ2v) is 8.00. The van der Waals surface area contributed by atoms with E-state index in [0.29, 0.717) is 38.9 Å². The van der Waals surface area contributed by atoms with Crippen LogP contribution in [0.4, 0.5) is 0 Å². The van der Waals surface area contributed by atoms with Gasteiger partial charge in [0.2, 0.25) is 15.9 Å². The van der Waals surface area contributed by atoms with Crippen molar-refractivity contribution >= 4 is 15.9 Å². The van der Waals surface area contributed by atoms with E-state index in [2.05, 4.69) is 4.98 Å². The predicted molar refractivity (Wildman–Crippen MR) is 89.5 cm³/mol. The fraction of sp³-hybridized carbons (Fsp3) is 0.625. The van der Waals surface area contributed by atoms with E-state index in [9.17, 15) is 13.2 Å². The quantitative estimate of drug-likeness (QED) is 0.808. The second-order valence-electron chi connectivity index (χ2n) is 6.06. The van der Waals surface area contributed by atoms with Crippen molar-refractivity contribution in [3.63, 3.8) is 0 Å². The molecule has 1 fully saturated rings. The molecule has 0 bridgehead atoms. The highest BCUT2D eigenvalue weighted by Gasteiger charge is 2.30. The van der Waals surface area contributed by atoms with Crippen LogP contribution in [0.3, 0.4) is 0 Å². The van der Waals surface area contributed by atoms with Gasteiger partial charge in [-0.15, -0.1) is 0 Å². The summed E-state index contributed by atoms with van der Waals surface area (Å²) in [4.78, 5) is 18.4. The first-order valence-electron chi connectivity index (χ1n) is 7.97. The van der Waals surface area contributed by atoms with Crippen LogP contribution in [0.15, 0.2) is 18.3 Å². The first-order chi connectivity index (χ1) is 10.8. The summed E-state index contributed by atoms with van der Waals surface area (Å²) < 4.78 is 25.1. The molecule has 1 aliphatic heterocycles. The Labute approximate surface area is 138 Å². The van der Waals surface area contributed by atoms with Gasteiger partial charge in [0, 0.05) is 37.6 Å². The predicted octanol–water partition coefficient (Wildman–Crippen LogP) is 1.21. The van der Waals surface area contributed by atoms with Crippen LogP contribution >= 0.6 is 0 Å². The lowest BCUT2D eigenvalue weighted by molar-refractivity contribution is -0.131. The van der Waals surface area contributed by atoms with Gasteiger partial charge in [-0.1, -0.05) is 13.0 Å². The van der Waals surface area contributed by atoms with Crippen LogP contribution in [0.1, 0.15) is 31.0 Å². The van der Waals surface area contributed by atoms with Gasteiger partial charge in [-0.25, -0.2) is 8.42 Å². The van der Waals surface area contributed by atoms with E-state index in [4.69, 9.17) is 0 Å². The highest BCUT2D eigenvalue weighted by atomic mass is 32.2. The normalized spacial score (nSPS) is 16.8. The Bertz CT molecular complexity index is 635. The summed E-state index contributed by atoms with van der Waals surface area (Å²) in [6.07, 6.45) is 4.72. The summed E-state index contributed by atoms with van der Waals surface area (Å²) in [5, 5.41) is 0. The van der Waals surface area contributed by atoms with Gasteiger partial charge in [-0.2, -0.15) is 4.31 Å². The standard InChI is InChI=1S/C16H25N3O3S/c1-4-19(23(3,21)22)15-7-9-18(10-8-15)16(20)11-14-6-5-13(2)17-12-14/h5-6,12,15H,4,7-11H2,1-3H3. The van der Waals surface area contributed by atoms with Crippen molar-refractivity contribution in [2.45, 2.75) is 39.2 Å². The van der Waals surface area contributed by atoms with Gasteiger partial charge in [0.15, 0.2) is 0 Å². The third kappa shape index (κ3) is 4.75. The van der Waals surface area contributed by atoms with Crippen molar-refractivity contribution in [3.05, 3.63) is 29.6 Å². The minimum Gasteiger partial charge on any atom is -0.342 e. The largest absolute Gasteiger partial charge is 0.342 e. The summed E-state index contributed by atoms with van der Waals surface area (Å²) in [5.41, 5.74) is 1.84. The van der Waals surface area contributed by atoms with Gasteiger partial charge in [-0.05, 0) is 31.4 Å². The van der Waals surface area contributed by atoms with Crippen LogP contribution in [0.5, 0.6) is 0 Å². The minimum absolute atomic E-state index is 0.0000848. The van der Waals surface area contributed by atoms with Gasteiger partial charge in [0.05, 0.1) is 12.7 Å². The topological polar surface area (TPSA) is 70.6 Å². The van der Waals surface area contributed by atoms with Gasteiger partial charge in [0.25, 0.3) is 0 Å². The first-order valence-corrected chi connectivity index (χ1v) is 9.82. The maximum absolute atomic E-state index is 12.4. The molecule has 0 saturated carbocycles. The lowest BCUT2D eigenvalue weighted by Gasteiger charge is -2.36. The van der Waals surface area contributed by atoms with Crippen LogP contribution in [-0.2, 0) is 21.2 Å². The van der Waals surface area contributed by atoms with Crippen molar-refractivity contribution < 1.29 is 13.2 Å². The average Bonchev–Trinajstić information content (AvgIpc) is 2.49. The Hall–Kier alpha value is -1.47. The minimum atomic E-state index is -3.18. The number of sulfonamides is 1. The average molecular weight is 339 g/mol.